The molecule has 0 spiro atoms. The van der Waals surface area contributed by atoms with Gasteiger partial charge in [-0.2, -0.15) is 0 Å². The van der Waals surface area contributed by atoms with Crippen molar-refractivity contribution in [2.75, 3.05) is 11.4 Å². The van der Waals surface area contributed by atoms with Gasteiger partial charge in [0.05, 0.1) is 11.3 Å². The number of aromatic hydroxyl groups is 1. The number of halogens is 1. The van der Waals surface area contributed by atoms with Crippen LogP contribution in [0.25, 0.3) is 0 Å². The largest absolute Gasteiger partial charge is 0.506 e. The third-order valence-corrected chi connectivity index (χ3v) is 4.49. The Labute approximate surface area is 131 Å². The number of carbonyl (C=O) groups is 1. The van der Waals surface area contributed by atoms with E-state index < -0.39 is 0 Å². The van der Waals surface area contributed by atoms with E-state index in [-0.39, 0.29) is 11.7 Å². The predicted octanol–water partition coefficient (Wildman–Crippen LogP) is 3.59. The molecule has 20 heavy (non-hydrogen) atoms. The van der Waals surface area contributed by atoms with Crippen LogP contribution in [-0.2, 0) is 6.42 Å². The first-order valence-corrected chi connectivity index (χ1v) is 7.63. The molecule has 2 aromatic carbocycles. The van der Waals surface area contributed by atoms with E-state index in [1.54, 1.807) is 11.0 Å². The summed E-state index contributed by atoms with van der Waals surface area (Å²) >= 11 is 2.17. The van der Waals surface area contributed by atoms with Crippen LogP contribution in [0.3, 0.4) is 0 Å². The summed E-state index contributed by atoms with van der Waals surface area (Å²) in [4.78, 5) is 14.4. The molecule has 1 heterocycles. The van der Waals surface area contributed by atoms with Gasteiger partial charge in [0.15, 0.2) is 0 Å². The molecule has 3 rings (SSSR count). The van der Waals surface area contributed by atoms with Crippen LogP contribution in [0.2, 0.25) is 0 Å². The van der Waals surface area contributed by atoms with E-state index in [0.29, 0.717) is 17.8 Å². The molecule has 4 heteroatoms. The lowest BCUT2D eigenvalue weighted by molar-refractivity contribution is 0.0983. The van der Waals surface area contributed by atoms with Gasteiger partial charge in [-0.3, -0.25) is 4.79 Å². The molecule has 1 aliphatic rings. The van der Waals surface area contributed by atoms with Crippen LogP contribution in [-0.4, -0.2) is 17.6 Å². The lowest BCUT2D eigenvalue weighted by Crippen LogP contribution is -2.35. The van der Waals surface area contributed by atoms with Crippen molar-refractivity contribution >= 4 is 34.2 Å². The molecule has 1 amide bonds. The number of nitrogens with zero attached hydrogens (tertiary/aromatic N) is 1. The molecule has 0 aliphatic carbocycles. The number of fused-ring (bicyclic) bond motifs is 1. The van der Waals surface area contributed by atoms with E-state index in [1.165, 1.54) is 0 Å². The third-order valence-electron chi connectivity index (χ3n) is 3.55. The second kappa shape index (κ2) is 5.44. The fourth-order valence-electron chi connectivity index (χ4n) is 2.61. The van der Waals surface area contributed by atoms with Gasteiger partial charge >= 0.3 is 0 Å². The molecule has 0 fully saturated rings. The fraction of sp³-hybridized carbons (Fsp3) is 0.188. The second-order valence-corrected chi connectivity index (χ2v) is 5.99. The zero-order valence-corrected chi connectivity index (χ0v) is 13.0. The van der Waals surface area contributed by atoms with Gasteiger partial charge in [0.2, 0.25) is 0 Å². The number of hydrogen-bond donors (Lipinski definition) is 1. The Morgan fingerprint density at radius 3 is 2.75 bits per heavy atom. The Morgan fingerprint density at radius 2 is 1.95 bits per heavy atom. The van der Waals surface area contributed by atoms with Crippen molar-refractivity contribution in [2.45, 2.75) is 12.8 Å². The summed E-state index contributed by atoms with van der Waals surface area (Å²) in [5.41, 5.74) is 2.39. The number of hydrogen-bond acceptors (Lipinski definition) is 2. The topological polar surface area (TPSA) is 40.5 Å². The van der Waals surface area contributed by atoms with Gasteiger partial charge in [-0.1, -0.05) is 24.3 Å². The van der Waals surface area contributed by atoms with Crippen LogP contribution in [0.15, 0.2) is 42.5 Å². The zero-order valence-electron chi connectivity index (χ0n) is 10.8. The lowest BCUT2D eigenvalue weighted by Gasteiger charge is -2.30. The zero-order chi connectivity index (χ0) is 14.1. The molecule has 0 saturated heterocycles. The Hall–Kier alpha value is -1.56. The highest BCUT2D eigenvalue weighted by Crippen LogP contribution is 2.36. The number of benzene rings is 2. The smallest absolute Gasteiger partial charge is 0.259 e. The Bertz CT molecular complexity index is 669. The number of aryl methyl sites for hydroxylation is 1. The van der Waals surface area contributed by atoms with Gasteiger partial charge in [0.25, 0.3) is 5.91 Å². The maximum Gasteiger partial charge on any atom is 0.259 e. The minimum Gasteiger partial charge on any atom is -0.506 e. The monoisotopic (exact) mass is 379 g/mol. The quantitative estimate of drug-likeness (QED) is 0.770. The van der Waals surface area contributed by atoms with Crippen LogP contribution < -0.4 is 4.90 Å². The van der Waals surface area contributed by atoms with E-state index in [9.17, 15) is 9.90 Å². The Kier molecular flexibility index (Phi) is 3.65. The molecule has 3 nitrogen and oxygen atoms in total. The van der Waals surface area contributed by atoms with E-state index in [0.717, 1.165) is 22.0 Å². The first kappa shape index (κ1) is 13.4. The number of phenols is 1. The number of carbonyl (C=O) groups excluding carboxylic acids is 1. The van der Waals surface area contributed by atoms with Crippen LogP contribution in [0.1, 0.15) is 22.3 Å². The highest BCUT2D eigenvalue weighted by atomic mass is 127. The molecule has 0 unspecified atom stereocenters. The van der Waals surface area contributed by atoms with Gasteiger partial charge < -0.3 is 10.0 Å². The molecule has 0 bridgehead atoms. The standard InChI is InChI=1S/C16H14INO2/c17-13-8-2-1-7-12(13)16(20)18-10-4-6-11-5-3-9-14(19)15(11)18/h1-3,5,7-9,19H,4,6,10H2. The number of phenolic OH excluding ortho intramolecular Hbond substituents is 1. The fourth-order valence-corrected chi connectivity index (χ4v) is 3.23. The highest BCUT2D eigenvalue weighted by molar-refractivity contribution is 14.1. The predicted molar refractivity (Wildman–Crippen MR) is 87.3 cm³/mol. The average molecular weight is 379 g/mol. The summed E-state index contributed by atoms with van der Waals surface area (Å²) < 4.78 is 0.928. The summed E-state index contributed by atoms with van der Waals surface area (Å²) in [5.74, 6) is 0.138. The van der Waals surface area contributed by atoms with Crippen molar-refractivity contribution < 1.29 is 9.90 Å². The van der Waals surface area contributed by atoms with E-state index >= 15 is 0 Å². The second-order valence-electron chi connectivity index (χ2n) is 4.83. The van der Waals surface area contributed by atoms with Crippen LogP contribution >= 0.6 is 22.6 Å². The summed E-state index contributed by atoms with van der Waals surface area (Å²) in [7, 11) is 0. The number of anilines is 1. The maximum absolute atomic E-state index is 12.7. The highest BCUT2D eigenvalue weighted by Gasteiger charge is 2.26. The van der Waals surface area contributed by atoms with Gasteiger partial charge in [-0.15, -0.1) is 0 Å². The normalized spacial score (nSPS) is 13.9. The Balaban J connectivity index is 2.05. The molecule has 1 N–H and O–H groups in total. The molecular formula is C16H14INO2. The molecule has 0 saturated carbocycles. The molecule has 102 valence electrons. The Morgan fingerprint density at radius 1 is 1.15 bits per heavy atom. The van der Waals surface area contributed by atoms with Gasteiger partial charge in [-0.25, -0.2) is 0 Å². The third kappa shape index (κ3) is 2.28. The minimum absolute atomic E-state index is 0.0440. The van der Waals surface area contributed by atoms with Crippen molar-refractivity contribution in [1.82, 2.24) is 0 Å². The van der Waals surface area contributed by atoms with E-state index in [1.807, 2.05) is 36.4 Å². The number of amides is 1. The number of rotatable bonds is 1. The van der Waals surface area contributed by atoms with Crippen molar-refractivity contribution in [3.8, 4) is 5.75 Å². The molecule has 0 aromatic heterocycles. The van der Waals surface area contributed by atoms with Crippen LogP contribution in [0.4, 0.5) is 5.69 Å². The molecule has 0 radical (unpaired) electrons. The van der Waals surface area contributed by atoms with E-state index in [2.05, 4.69) is 22.6 Å². The average Bonchev–Trinajstić information content (AvgIpc) is 2.47. The first-order valence-electron chi connectivity index (χ1n) is 6.56. The van der Waals surface area contributed by atoms with Crippen LogP contribution in [0, 0.1) is 3.57 Å². The molecule has 0 atom stereocenters. The van der Waals surface area contributed by atoms with Crippen molar-refractivity contribution in [1.29, 1.82) is 0 Å². The van der Waals surface area contributed by atoms with Crippen molar-refractivity contribution in [3.05, 3.63) is 57.2 Å². The van der Waals surface area contributed by atoms with Gasteiger partial charge in [0.1, 0.15) is 5.75 Å². The molecular weight excluding hydrogens is 365 g/mol. The van der Waals surface area contributed by atoms with Gasteiger partial charge in [-0.05, 0) is 59.2 Å². The maximum atomic E-state index is 12.7. The SMILES string of the molecule is O=C(c1ccccc1I)N1CCCc2cccc(O)c21. The first-order chi connectivity index (χ1) is 9.68. The summed E-state index contributed by atoms with van der Waals surface area (Å²) in [6, 6.07) is 13.0. The van der Waals surface area contributed by atoms with Gasteiger partial charge in [0, 0.05) is 10.1 Å². The molecule has 2 aromatic rings. The van der Waals surface area contributed by atoms with E-state index in [4.69, 9.17) is 0 Å². The molecule has 1 aliphatic heterocycles. The van der Waals surface area contributed by atoms with Crippen LogP contribution in [0.5, 0.6) is 5.75 Å². The lowest BCUT2D eigenvalue weighted by atomic mass is 10.00. The minimum atomic E-state index is -0.0440. The summed E-state index contributed by atoms with van der Waals surface area (Å²) in [6.07, 6.45) is 1.82. The summed E-state index contributed by atoms with van der Waals surface area (Å²) in [5, 5.41) is 10.1. The number of para-hydroxylation sites is 1. The summed E-state index contributed by atoms with van der Waals surface area (Å²) in [6.45, 7) is 0.647. The van der Waals surface area contributed by atoms with Crippen molar-refractivity contribution in [2.24, 2.45) is 0 Å². The van der Waals surface area contributed by atoms with Crippen molar-refractivity contribution in [3.63, 3.8) is 0 Å².